The summed E-state index contributed by atoms with van der Waals surface area (Å²) in [5.74, 6) is 0. The number of hydrogen-bond donors (Lipinski definition) is 0. The summed E-state index contributed by atoms with van der Waals surface area (Å²) in [4.78, 5) is 10.9. The molecule has 0 unspecified atom stereocenters. The summed E-state index contributed by atoms with van der Waals surface area (Å²) in [5.41, 5.74) is 6.24. The maximum absolute atomic E-state index is 4.75. The average Bonchev–Trinajstić information content (AvgIpc) is 2.85. The lowest BCUT2D eigenvalue weighted by molar-refractivity contribution is -0.00000680. The molecule has 3 aliphatic rings. The number of anilines is 1. The van der Waals surface area contributed by atoms with E-state index in [0.717, 1.165) is 17.6 Å². The molecule has 35 heavy (non-hydrogen) atoms. The molecule has 3 aromatic rings. The maximum atomic E-state index is 4.75. The molecule has 0 spiro atoms. The van der Waals surface area contributed by atoms with Crippen LogP contribution in [-0.4, -0.2) is 33.2 Å². The number of aromatic nitrogens is 1. The van der Waals surface area contributed by atoms with E-state index in [1.165, 1.54) is 41.5 Å². The molecular formula is C29H28IN3S2. The van der Waals surface area contributed by atoms with Crippen molar-refractivity contribution in [3.63, 3.8) is 0 Å². The van der Waals surface area contributed by atoms with E-state index < -0.39 is 0 Å². The van der Waals surface area contributed by atoms with Gasteiger partial charge in [-0.25, -0.2) is 9.56 Å². The molecule has 0 aromatic heterocycles. The summed E-state index contributed by atoms with van der Waals surface area (Å²) in [5, 5.41) is 1.21. The second-order valence-corrected chi connectivity index (χ2v) is 11.0. The second-order valence-electron chi connectivity index (χ2n) is 8.80. The van der Waals surface area contributed by atoms with E-state index in [-0.39, 0.29) is 24.0 Å². The lowest BCUT2D eigenvalue weighted by Crippen LogP contribution is -3.00. The number of benzene rings is 4. The van der Waals surface area contributed by atoms with Gasteiger partial charge in [0.1, 0.15) is 14.1 Å². The highest BCUT2D eigenvalue weighted by Gasteiger charge is 2.14. The fourth-order valence-corrected chi connectivity index (χ4v) is 6.09. The smallest absolute Gasteiger partial charge is 0.201 e. The predicted molar refractivity (Wildman–Crippen MR) is 147 cm³/mol. The Morgan fingerprint density at radius 3 is 2.09 bits per heavy atom. The Bertz CT molecular complexity index is 1430. The first-order valence-corrected chi connectivity index (χ1v) is 13.0. The van der Waals surface area contributed by atoms with Gasteiger partial charge >= 0.3 is 0 Å². The van der Waals surface area contributed by atoms with Crippen LogP contribution in [0.25, 0.3) is 20.8 Å². The van der Waals surface area contributed by atoms with E-state index in [4.69, 9.17) is 4.98 Å². The maximum Gasteiger partial charge on any atom is 0.201 e. The number of fused-ring (bicyclic) bond motifs is 4. The van der Waals surface area contributed by atoms with Crippen molar-refractivity contribution in [2.75, 3.05) is 33.1 Å². The lowest BCUT2D eigenvalue weighted by atomic mass is 10.0. The third kappa shape index (κ3) is 5.71. The normalized spacial score (nSPS) is 11.5. The summed E-state index contributed by atoms with van der Waals surface area (Å²) < 4.78 is 3.34. The third-order valence-electron chi connectivity index (χ3n) is 5.93. The van der Waals surface area contributed by atoms with E-state index in [0.29, 0.717) is 0 Å². The zero-order valence-electron chi connectivity index (χ0n) is 20.3. The van der Waals surface area contributed by atoms with Crippen LogP contribution in [0.2, 0.25) is 0 Å². The number of nitrogens with zero attached hydrogens (tertiary/aromatic N) is 3. The molecule has 0 bridgehead atoms. The van der Waals surface area contributed by atoms with Gasteiger partial charge in [-0.05, 0) is 53.9 Å². The molecule has 2 heterocycles. The van der Waals surface area contributed by atoms with Crippen LogP contribution in [0.4, 0.5) is 5.69 Å². The van der Waals surface area contributed by atoms with Crippen LogP contribution in [0.3, 0.4) is 0 Å². The summed E-state index contributed by atoms with van der Waals surface area (Å²) in [7, 11) is 8.24. The fraction of sp³-hybridized carbons (Fsp3) is 0.172. The molecule has 0 radical (unpaired) electrons. The minimum atomic E-state index is 0. The van der Waals surface area contributed by atoms with Gasteiger partial charge in [-0.15, -0.1) is 11.3 Å². The molecule has 1 aliphatic carbocycles. The van der Waals surface area contributed by atoms with Gasteiger partial charge in [0.2, 0.25) is 5.36 Å². The van der Waals surface area contributed by atoms with Crippen molar-refractivity contribution in [1.82, 2.24) is 9.56 Å². The molecule has 0 amide bonds. The quantitative estimate of drug-likeness (QED) is 0.162. The van der Waals surface area contributed by atoms with Crippen LogP contribution < -0.4 is 38.8 Å². The van der Waals surface area contributed by atoms with Crippen LogP contribution >= 0.6 is 23.1 Å². The van der Waals surface area contributed by atoms with E-state index in [9.17, 15) is 0 Å². The van der Waals surface area contributed by atoms with Gasteiger partial charge in [0.05, 0.1) is 20.8 Å². The minimum Gasteiger partial charge on any atom is -1.00 e. The Balaban J connectivity index is 0.000000169. The topological polar surface area (TPSA) is 19.1 Å². The molecule has 0 saturated heterocycles. The third-order valence-corrected chi connectivity index (χ3v) is 8.26. The lowest BCUT2D eigenvalue weighted by Gasteiger charge is -2.17. The van der Waals surface area contributed by atoms with Gasteiger partial charge in [-0.3, -0.25) is 0 Å². The van der Waals surface area contributed by atoms with Crippen molar-refractivity contribution in [2.45, 2.75) is 16.2 Å². The first kappa shape index (κ1) is 25.7. The van der Waals surface area contributed by atoms with Crippen LogP contribution in [0, 0.1) is 0 Å². The van der Waals surface area contributed by atoms with Gasteiger partial charge in [0, 0.05) is 41.7 Å². The average molecular weight is 610 g/mol. The minimum absolute atomic E-state index is 0. The highest BCUT2D eigenvalue weighted by molar-refractivity contribution is 7.99. The zero-order valence-corrected chi connectivity index (χ0v) is 24.1. The predicted octanol–water partition coefficient (Wildman–Crippen LogP) is 3.24. The van der Waals surface area contributed by atoms with E-state index in [2.05, 4.69) is 123 Å². The van der Waals surface area contributed by atoms with Crippen molar-refractivity contribution < 1.29 is 24.0 Å². The Kier molecular flexibility index (Phi) is 8.14. The Labute approximate surface area is 232 Å². The SMILES string of the molecule is CN(C)c1ccc2nc3ccc(=[N+](C)C)cc-3sc2c1.[I-].c1ccc2c(c1)Cc1ccccc1S2. The Morgan fingerprint density at radius 2 is 1.46 bits per heavy atom. The van der Waals surface area contributed by atoms with E-state index in [1.807, 2.05) is 11.8 Å². The van der Waals surface area contributed by atoms with E-state index in [1.54, 1.807) is 11.3 Å². The second kappa shape index (κ2) is 11.1. The van der Waals surface area contributed by atoms with Crippen molar-refractivity contribution in [3.05, 3.63) is 101 Å². The number of hydrogen-bond acceptors (Lipinski definition) is 4. The highest BCUT2D eigenvalue weighted by atomic mass is 127. The summed E-state index contributed by atoms with van der Waals surface area (Å²) >= 11 is 3.68. The monoisotopic (exact) mass is 609 g/mol. The molecule has 3 nitrogen and oxygen atoms in total. The first-order valence-electron chi connectivity index (χ1n) is 11.3. The van der Waals surface area contributed by atoms with Gasteiger partial charge < -0.3 is 28.9 Å². The van der Waals surface area contributed by atoms with Gasteiger partial charge in [0.25, 0.3) is 0 Å². The molecule has 178 valence electrons. The molecular weight excluding hydrogens is 581 g/mol. The summed E-state index contributed by atoms with van der Waals surface area (Å²) in [6.07, 6.45) is 1.08. The molecule has 0 atom stereocenters. The van der Waals surface area contributed by atoms with Crippen LogP contribution in [0.15, 0.2) is 94.7 Å². The summed E-state index contributed by atoms with van der Waals surface area (Å²) in [6, 6.07) is 30.1. The largest absolute Gasteiger partial charge is 1.00 e. The Hall–Kier alpha value is -2.42. The Morgan fingerprint density at radius 1 is 0.800 bits per heavy atom. The van der Waals surface area contributed by atoms with Crippen molar-refractivity contribution in [3.8, 4) is 10.6 Å². The number of rotatable bonds is 1. The van der Waals surface area contributed by atoms with Gasteiger partial charge in [0.15, 0.2) is 0 Å². The molecule has 0 fully saturated rings. The summed E-state index contributed by atoms with van der Waals surface area (Å²) in [6.45, 7) is 0. The van der Waals surface area contributed by atoms with Crippen molar-refractivity contribution in [1.29, 1.82) is 0 Å². The van der Waals surface area contributed by atoms with E-state index >= 15 is 0 Å². The molecule has 3 aromatic carbocycles. The molecule has 6 rings (SSSR count). The molecule has 2 aliphatic heterocycles. The first-order chi connectivity index (χ1) is 16.5. The number of halogens is 1. The van der Waals surface area contributed by atoms with Crippen LogP contribution in [0.1, 0.15) is 11.1 Å². The molecule has 0 N–H and O–H groups in total. The standard InChI is InChI=1S/C16H18N3S.C13H10S.HI/c1-18(2)11-5-7-13-15(9-11)20-16-10-12(19(3)4)6-8-14(16)17-13;1-3-7-12-10(5-1)9-11-6-2-4-8-13(11)14-12;/h5-10H,1-4H3;1-8H,9H2;1H/q+1;;/p-1. The van der Waals surface area contributed by atoms with Crippen LogP contribution in [-0.2, 0) is 6.42 Å². The van der Waals surface area contributed by atoms with Crippen molar-refractivity contribution in [2.24, 2.45) is 0 Å². The highest BCUT2D eigenvalue weighted by Crippen LogP contribution is 2.38. The fourth-order valence-electron chi connectivity index (χ4n) is 3.98. The zero-order chi connectivity index (χ0) is 23.7. The van der Waals surface area contributed by atoms with Gasteiger partial charge in [-0.2, -0.15) is 0 Å². The van der Waals surface area contributed by atoms with Crippen molar-refractivity contribution >= 4 is 39.0 Å². The van der Waals surface area contributed by atoms with Crippen LogP contribution in [0.5, 0.6) is 0 Å². The molecule has 6 heteroatoms. The van der Waals surface area contributed by atoms with Gasteiger partial charge in [-0.1, -0.05) is 48.2 Å². The molecule has 0 saturated carbocycles.